The highest BCUT2D eigenvalue weighted by Crippen LogP contribution is 2.38. The van der Waals surface area contributed by atoms with Gasteiger partial charge in [0.05, 0.1) is 6.42 Å². The van der Waals surface area contributed by atoms with Crippen molar-refractivity contribution in [1.29, 1.82) is 0 Å². The van der Waals surface area contributed by atoms with Crippen molar-refractivity contribution in [1.82, 2.24) is 4.72 Å². The lowest BCUT2D eigenvalue weighted by molar-refractivity contribution is -0.140. The Morgan fingerprint density at radius 2 is 1.70 bits per heavy atom. The molecule has 7 nitrogen and oxygen atoms in total. The Bertz CT molecular complexity index is 545. The van der Waals surface area contributed by atoms with Gasteiger partial charge in [-0.1, -0.05) is 19.3 Å². The first-order valence-corrected chi connectivity index (χ1v) is 10.1. The van der Waals surface area contributed by atoms with E-state index in [9.17, 15) is 21.6 Å². The quantitative estimate of drug-likeness (QED) is 0.696. The van der Waals surface area contributed by atoms with Crippen molar-refractivity contribution in [2.45, 2.75) is 38.5 Å². The van der Waals surface area contributed by atoms with Crippen LogP contribution in [0, 0.1) is 5.41 Å². The predicted molar refractivity (Wildman–Crippen MR) is 74.4 cm³/mol. The highest BCUT2D eigenvalue weighted by molar-refractivity contribution is 8.06. The molecule has 1 rings (SSSR count). The van der Waals surface area contributed by atoms with Gasteiger partial charge >= 0.3 is 5.97 Å². The normalized spacial score (nSPS) is 19.6. The molecular formula is C11H21NO6S2. The summed E-state index contributed by atoms with van der Waals surface area (Å²) >= 11 is 0. The standard InChI is InChI=1S/C11H21NO6S2/c1-19(15,16)9-20(17,18)12-8-11(7-10(13)14)5-3-2-4-6-11/h12H,2-9H2,1H3,(H,13,14). The van der Waals surface area contributed by atoms with Gasteiger partial charge in [0.25, 0.3) is 0 Å². The molecular weight excluding hydrogens is 306 g/mol. The van der Waals surface area contributed by atoms with Crippen molar-refractivity contribution in [3.63, 3.8) is 0 Å². The van der Waals surface area contributed by atoms with Crippen LogP contribution in [0.5, 0.6) is 0 Å². The monoisotopic (exact) mass is 327 g/mol. The van der Waals surface area contributed by atoms with Crippen LogP contribution < -0.4 is 4.72 Å². The first-order valence-electron chi connectivity index (χ1n) is 6.41. The van der Waals surface area contributed by atoms with Crippen LogP contribution in [-0.2, 0) is 24.7 Å². The summed E-state index contributed by atoms with van der Waals surface area (Å²) < 4.78 is 47.7. The highest BCUT2D eigenvalue weighted by atomic mass is 32.3. The third-order valence-corrected chi connectivity index (χ3v) is 7.01. The van der Waals surface area contributed by atoms with Crippen molar-refractivity contribution >= 4 is 25.8 Å². The SMILES string of the molecule is CS(=O)(=O)CS(=O)(=O)NCC1(CC(=O)O)CCCCC1. The maximum absolute atomic E-state index is 11.7. The number of sulfonamides is 1. The molecule has 0 amide bonds. The van der Waals surface area contributed by atoms with Gasteiger partial charge in [-0.2, -0.15) is 0 Å². The molecule has 0 unspecified atom stereocenters. The van der Waals surface area contributed by atoms with E-state index < -0.39 is 36.3 Å². The van der Waals surface area contributed by atoms with Crippen molar-refractivity contribution in [3.05, 3.63) is 0 Å². The van der Waals surface area contributed by atoms with E-state index in [0.29, 0.717) is 12.8 Å². The topological polar surface area (TPSA) is 118 Å². The van der Waals surface area contributed by atoms with Gasteiger partial charge in [-0.05, 0) is 18.3 Å². The molecule has 0 aromatic heterocycles. The second-order valence-electron chi connectivity index (χ2n) is 5.61. The van der Waals surface area contributed by atoms with Crippen LogP contribution in [0.1, 0.15) is 38.5 Å². The van der Waals surface area contributed by atoms with Gasteiger partial charge in [0.1, 0.15) is 0 Å². The van der Waals surface area contributed by atoms with Gasteiger partial charge in [0, 0.05) is 12.8 Å². The fraction of sp³-hybridized carbons (Fsp3) is 0.909. The van der Waals surface area contributed by atoms with Crippen LogP contribution in [-0.4, -0.2) is 45.8 Å². The van der Waals surface area contributed by atoms with Gasteiger partial charge in [-0.15, -0.1) is 0 Å². The number of carboxylic acids is 1. The molecule has 0 spiro atoms. The molecule has 0 radical (unpaired) electrons. The minimum Gasteiger partial charge on any atom is -0.481 e. The molecule has 0 aliphatic heterocycles. The third kappa shape index (κ3) is 6.19. The first kappa shape index (κ1) is 17.4. The van der Waals surface area contributed by atoms with Crippen LogP contribution in [0.15, 0.2) is 0 Å². The number of sulfone groups is 1. The molecule has 118 valence electrons. The Labute approximate surface area is 119 Å². The number of hydrogen-bond acceptors (Lipinski definition) is 5. The summed E-state index contributed by atoms with van der Waals surface area (Å²) in [6.45, 7) is -0.0167. The van der Waals surface area contributed by atoms with Crippen LogP contribution >= 0.6 is 0 Å². The van der Waals surface area contributed by atoms with Crippen LogP contribution in [0.4, 0.5) is 0 Å². The van der Waals surface area contributed by atoms with Crippen LogP contribution in [0.3, 0.4) is 0 Å². The van der Waals surface area contributed by atoms with Crippen molar-refractivity contribution < 1.29 is 26.7 Å². The lowest BCUT2D eigenvalue weighted by atomic mass is 9.72. The average molecular weight is 327 g/mol. The summed E-state index contributed by atoms with van der Waals surface area (Å²) in [5, 5.41) is 8.00. The van der Waals surface area contributed by atoms with Gasteiger partial charge in [-0.3, -0.25) is 4.79 Å². The number of rotatable bonds is 7. The van der Waals surface area contributed by atoms with E-state index in [1.165, 1.54) is 0 Å². The smallest absolute Gasteiger partial charge is 0.303 e. The fourth-order valence-electron chi connectivity index (χ4n) is 2.63. The largest absolute Gasteiger partial charge is 0.481 e. The predicted octanol–water partition coefficient (Wildman–Crippen LogP) is 0.333. The number of carbonyl (C=O) groups is 1. The Morgan fingerprint density at radius 1 is 1.15 bits per heavy atom. The molecule has 0 aromatic carbocycles. The van der Waals surface area contributed by atoms with Crippen molar-refractivity contribution in [3.8, 4) is 0 Å². The third-order valence-electron chi connectivity index (χ3n) is 3.48. The lowest BCUT2D eigenvalue weighted by Crippen LogP contribution is -2.42. The number of carboxylic acid groups (broad SMARTS) is 1. The molecule has 2 N–H and O–H groups in total. The van der Waals surface area contributed by atoms with E-state index in [1.54, 1.807) is 0 Å². The van der Waals surface area contributed by atoms with E-state index in [2.05, 4.69) is 4.72 Å². The van der Waals surface area contributed by atoms with Crippen LogP contribution in [0.2, 0.25) is 0 Å². The molecule has 9 heteroatoms. The van der Waals surface area contributed by atoms with Crippen molar-refractivity contribution in [2.24, 2.45) is 5.41 Å². The average Bonchev–Trinajstić information content (AvgIpc) is 2.24. The van der Waals surface area contributed by atoms with E-state index in [1.807, 2.05) is 0 Å². The van der Waals surface area contributed by atoms with Crippen LogP contribution in [0.25, 0.3) is 0 Å². The zero-order valence-electron chi connectivity index (χ0n) is 11.5. The van der Waals surface area contributed by atoms with Gasteiger partial charge in [0.15, 0.2) is 14.9 Å². The summed E-state index contributed by atoms with van der Waals surface area (Å²) in [5.41, 5.74) is -0.603. The van der Waals surface area contributed by atoms with Gasteiger partial charge < -0.3 is 5.11 Å². The van der Waals surface area contributed by atoms with E-state index in [4.69, 9.17) is 5.11 Å². The van der Waals surface area contributed by atoms with Gasteiger partial charge in [0.2, 0.25) is 10.0 Å². The molecule has 0 aromatic rings. The highest BCUT2D eigenvalue weighted by Gasteiger charge is 2.35. The minimum absolute atomic E-state index is 0.0167. The summed E-state index contributed by atoms with van der Waals surface area (Å²) in [7, 11) is -7.59. The second kappa shape index (κ2) is 6.40. The van der Waals surface area contributed by atoms with Crippen molar-refractivity contribution in [2.75, 3.05) is 17.9 Å². The van der Waals surface area contributed by atoms with Gasteiger partial charge in [-0.25, -0.2) is 21.6 Å². The number of nitrogens with one attached hydrogen (secondary N) is 1. The van der Waals surface area contributed by atoms with E-state index in [0.717, 1.165) is 25.5 Å². The summed E-state index contributed by atoms with van der Waals surface area (Å²) in [6, 6.07) is 0. The Kier molecular flexibility index (Phi) is 5.56. The number of aliphatic carboxylic acids is 1. The first-order chi connectivity index (χ1) is 9.04. The maximum Gasteiger partial charge on any atom is 0.303 e. The molecule has 1 fully saturated rings. The summed E-state index contributed by atoms with van der Waals surface area (Å²) in [6.07, 6.45) is 4.76. The zero-order chi connectivity index (χ0) is 15.4. The molecule has 20 heavy (non-hydrogen) atoms. The Hall–Kier alpha value is -0.670. The fourth-order valence-corrected chi connectivity index (χ4v) is 5.74. The molecule has 0 bridgehead atoms. The molecule has 1 aliphatic rings. The van der Waals surface area contributed by atoms with E-state index in [-0.39, 0.29) is 13.0 Å². The maximum atomic E-state index is 11.7. The van der Waals surface area contributed by atoms with E-state index >= 15 is 0 Å². The number of hydrogen-bond donors (Lipinski definition) is 2. The Morgan fingerprint density at radius 3 is 2.15 bits per heavy atom. The lowest BCUT2D eigenvalue weighted by Gasteiger charge is -2.36. The molecule has 1 aliphatic carbocycles. The molecule has 0 atom stereocenters. The summed E-state index contributed by atoms with van der Waals surface area (Å²) in [4.78, 5) is 11.0. The zero-order valence-corrected chi connectivity index (χ0v) is 13.1. The second-order valence-corrected chi connectivity index (χ2v) is 9.92. The molecule has 0 heterocycles. The Balaban J connectivity index is 2.74. The molecule has 0 saturated heterocycles. The molecule has 1 saturated carbocycles. The summed E-state index contributed by atoms with van der Waals surface area (Å²) in [5.74, 6) is -0.964. The minimum atomic E-state index is -3.94.